The average Bonchev–Trinajstić information content (AvgIpc) is 0.918. The lowest BCUT2D eigenvalue weighted by atomic mass is 10.8. The van der Waals surface area contributed by atoms with Gasteiger partial charge in [0, 0.05) is 0 Å². The van der Waals surface area contributed by atoms with Gasteiger partial charge in [-0.25, -0.2) is 0 Å². The maximum atomic E-state index is 3.36. The Morgan fingerprint density at radius 3 is 1.40 bits per heavy atom. The van der Waals surface area contributed by atoms with Crippen LogP contribution in [0.25, 0.3) is 0 Å². The van der Waals surface area contributed by atoms with E-state index in [1.165, 1.54) is 0 Å². The minimum Gasteiger partial charge on any atom is -0.107 e. The predicted octanol–water partition coefficient (Wildman–Crippen LogP) is 2.43. The Balaban J connectivity index is -0.0000000200. The van der Waals surface area contributed by atoms with Gasteiger partial charge < -0.3 is 0 Å². The van der Waals surface area contributed by atoms with Gasteiger partial charge in [-0.05, 0) is 6.92 Å². The summed E-state index contributed by atoms with van der Waals surface area (Å²) in [7, 11) is 0. The highest BCUT2D eigenvalue weighted by molar-refractivity contribution is 14.0. The molecule has 0 radical (unpaired) electrons. The van der Waals surface area contributed by atoms with Gasteiger partial charge in [-0.15, -0.1) is 54.5 Å². The molecule has 0 N–H and O–H groups in total. The second-order valence-corrected chi connectivity index (χ2v) is 0.408. The largest absolute Gasteiger partial charge is 0.107 e. The molecule has 0 rings (SSSR count). The fourth-order valence-corrected chi connectivity index (χ4v) is 0. The SMILES string of the molecule is C=CC.I.I. The summed E-state index contributed by atoms with van der Waals surface area (Å²) in [6.07, 6.45) is 1.75. The first kappa shape index (κ1) is 16.4. The molecular weight excluding hydrogens is 290 g/mol. The minimum atomic E-state index is 0. The van der Waals surface area contributed by atoms with Crippen molar-refractivity contribution < 1.29 is 0 Å². The van der Waals surface area contributed by atoms with Crippen molar-refractivity contribution in [1.29, 1.82) is 0 Å². The van der Waals surface area contributed by atoms with Gasteiger partial charge in [-0.2, -0.15) is 0 Å². The van der Waals surface area contributed by atoms with Crippen molar-refractivity contribution in [3.05, 3.63) is 12.7 Å². The van der Waals surface area contributed by atoms with Crippen LogP contribution in [0.15, 0.2) is 12.7 Å². The number of halogens is 2. The molecule has 0 saturated heterocycles. The zero-order chi connectivity index (χ0) is 2.71. The normalized spacial score (nSPS) is 2.60. The molecule has 0 nitrogen and oxygen atoms in total. The molecule has 0 heterocycles. The zero-order valence-corrected chi connectivity index (χ0v) is 7.76. The second-order valence-electron chi connectivity index (χ2n) is 0.408. The van der Waals surface area contributed by atoms with E-state index >= 15 is 0 Å². The summed E-state index contributed by atoms with van der Waals surface area (Å²) in [4.78, 5) is 0. The van der Waals surface area contributed by atoms with E-state index in [9.17, 15) is 0 Å². The maximum Gasteiger partial charge on any atom is -0.0473 e. The lowest BCUT2D eigenvalue weighted by Gasteiger charge is -1.31. The molecule has 0 saturated carbocycles. The van der Waals surface area contributed by atoms with E-state index in [4.69, 9.17) is 0 Å². The Morgan fingerprint density at radius 2 is 1.40 bits per heavy atom. The predicted molar refractivity (Wildman–Crippen MR) is 46.7 cm³/mol. The van der Waals surface area contributed by atoms with Crippen molar-refractivity contribution in [2.75, 3.05) is 0 Å². The quantitative estimate of drug-likeness (QED) is 0.476. The van der Waals surface area contributed by atoms with Gasteiger partial charge in [0.2, 0.25) is 0 Å². The van der Waals surface area contributed by atoms with E-state index in [0.29, 0.717) is 0 Å². The van der Waals surface area contributed by atoms with Crippen LogP contribution in [0.4, 0.5) is 0 Å². The fraction of sp³-hybridized carbons (Fsp3) is 0.333. The van der Waals surface area contributed by atoms with E-state index < -0.39 is 0 Å². The lowest BCUT2D eigenvalue weighted by Crippen LogP contribution is -1.07. The van der Waals surface area contributed by atoms with E-state index in [-0.39, 0.29) is 48.0 Å². The summed E-state index contributed by atoms with van der Waals surface area (Å²) in [5.74, 6) is 0. The average molecular weight is 298 g/mol. The second kappa shape index (κ2) is 19.0. The standard InChI is InChI=1S/C3H6.2HI/c1-3-2;;/h3H,1H2,2H3;2*1H. The van der Waals surface area contributed by atoms with Crippen LogP contribution in [0.3, 0.4) is 0 Å². The van der Waals surface area contributed by atoms with Crippen molar-refractivity contribution in [3.63, 3.8) is 0 Å². The molecule has 0 aliphatic heterocycles. The lowest BCUT2D eigenvalue weighted by molar-refractivity contribution is 1.80. The smallest absolute Gasteiger partial charge is 0.0473 e. The molecule has 0 aromatic carbocycles. The van der Waals surface area contributed by atoms with Crippen LogP contribution in [0.2, 0.25) is 0 Å². The summed E-state index contributed by atoms with van der Waals surface area (Å²) < 4.78 is 0. The first-order valence-corrected chi connectivity index (χ1v) is 0.986. The molecule has 0 spiro atoms. The van der Waals surface area contributed by atoms with Crippen LogP contribution in [-0.2, 0) is 0 Å². The Hall–Kier alpha value is 1.20. The molecule has 0 unspecified atom stereocenters. The first-order chi connectivity index (χ1) is 1.41. The van der Waals surface area contributed by atoms with Crippen molar-refractivity contribution in [2.45, 2.75) is 6.92 Å². The summed E-state index contributed by atoms with van der Waals surface area (Å²) in [5.41, 5.74) is 0. The summed E-state index contributed by atoms with van der Waals surface area (Å²) in [6.45, 7) is 5.25. The van der Waals surface area contributed by atoms with E-state index in [1.54, 1.807) is 6.08 Å². The highest BCUT2D eigenvalue weighted by Crippen LogP contribution is 1.38. The third-order valence-corrected chi connectivity index (χ3v) is 0. The van der Waals surface area contributed by atoms with Crippen LogP contribution in [-0.4, -0.2) is 0 Å². The van der Waals surface area contributed by atoms with Gasteiger partial charge in [-0.3, -0.25) is 0 Å². The number of allylic oxidation sites excluding steroid dienone is 1. The Labute approximate surface area is 67.1 Å². The van der Waals surface area contributed by atoms with Crippen molar-refractivity contribution >= 4 is 48.0 Å². The summed E-state index contributed by atoms with van der Waals surface area (Å²) >= 11 is 0. The molecule has 0 bridgehead atoms. The molecule has 5 heavy (non-hydrogen) atoms. The van der Waals surface area contributed by atoms with Crippen LogP contribution in [0, 0.1) is 0 Å². The van der Waals surface area contributed by atoms with Gasteiger partial charge in [0.15, 0.2) is 0 Å². The summed E-state index contributed by atoms with van der Waals surface area (Å²) in [5, 5.41) is 0. The third-order valence-electron chi connectivity index (χ3n) is 0. The monoisotopic (exact) mass is 298 g/mol. The zero-order valence-electron chi connectivity index (χ0n) is 3.10. The molecule has 0 aliphatic rings. The Kier molecular flexibility index (Phi) is 62.1. The van der Waals surface area contributed by atoms with Crippen LogP contribution < -0.4 is 0 Å². The van der Waals surface area contributed by atoms with Gasteiger partial charge in [0.25, 0.3) is 0 Å². The van der Waals surface area contributed by atoms with Crippen molar-refractivity contribution in [2.24, 2.45) is 0 Å². The molecule has 0 atom stereocenters. The van der Waals surface area contributed by atoms with Gasteiger partial charge in [0.1, 0.15) is 0 Å². The maximum absolute atomic E-state index is 3.36. The van der Waals surface area contributed by atoms with Crippen molar-refractivity contribution in [3.8, 4) is 0 Å². The van der Waals surface area contributed by atoms with E-state index in [1.807, 2.05) is 6.92 Å². The van der Waals surface area contributed by atoms with Gasteiger partial charge in [-0.1, -0.05) is 6.08 Å². The molecule has 34 valence electrons. The van der Waals surface area contributed by atoms with E-state index in [0.717, 1.165) is 0 Å². The van der Waals surface area contributed by atoms with Gasteiger partial charge >= 0.3 is 0 Å². The third kappa shape index (κ3) is 37.0. The number of rotatable bonds is 0. The fourth-order valence-electron chi connectivity index (χ4n) is 0. The first-order valence-electron chi connectivity index (χ1n) is 0.986. The Morgan fingerprint density at radius 1 is 1.40 bits per heavy atom. The van der Waals surface area contributed by atoms with Crippen LogP contribution in [0.1, 0.15) is 6.92 Å². The van der Waals surface area contributed by atoms with Crippen LogP contribution in [0.5, 0.6) is 0 Å². The molecule has 0 aromatic rings. The molecule has 0 aliphatic carbocycles. The molecule has 0 aromatic heterocycles. The van der Waals surface area contributed by atoms with Crippen molar-refractivity contribution in [1.82, 2.24) is 0 Å². The van der Waals surface area contributed by atoms with Gasteiger partial charge in [0.05, 0.1) is 0 Å². The number of hydrogen-bond donors (Lipinski definition) is 0. The minimum absolute atomic E-state index is 0. The van der Waals surface area contributed by atoms with Crippen LogP contribution >= 0.6 is 48.0 Å². The summed E-state index contributed by atoms with van der Waals surface area (Å²) in [6, 6.07) is 0. The van der Waals surface area contributed by atoms with E-state index in [2.05, 4.69) is 6.58 Å². The number of hydrogen-bond acceptors (Lipinski definition) is 0. The molecule has 0 amide bonds. The molecule has 0 fully saturated rings. The topological polar surface area (TPSA) is 0 Å². The molecular formula is C3H8I2. The molecule has 2 heteroatoms. The highest BCUT2D eigenvalue weighted by atomic mass is 127. The highest BCUT2D eigenvalue weighted by Gasteiger charge is 1.15. The Bertz CT molecular complexity index is 12.4.